The Hall–Kier alpha value is -2.77. The number of nitrogens with one attached hydrogen (secondary N) is 2. The number of nitrogens with zero attached hydrogens (tertiary/aromatic N) is 1. The van der Waals surface area contributed by atoms with Gasteiger partial charge in [-0.1, -0.05) is 30.3 Å². The molecule has 1 heterocycles. The number of halogens is 1. The van der Waals surface area contributed by atoms with Crippen molar-refractivity contribution >= 4 is 15.8 Å². The molecular weight excluding hydrogens is 365 g/mol. The Kier molecular flexibility index (Phi) is 5.83. The van der Waals surface area contributed by atoms with Crippen LogP contribution in [0.5, 0.6) is 0 Å². The molecule has 0 saturated heterocycles. The van der Waals surface area contributed by atoms with Crippen molar-refractivity contribution in [2.45, 2.75) is 24.9 Å². The Morgan fingerprint density at radius 3 is 2.37 bits per heavy atom. The summed E-state index contributed by atoms with van der Waals surface area (Å²) >= 11 is 0. The van der Waals surface area contributed by atoms with Gasteiger partial charge in [-0.05, 0) is 54.4 Å². The molecule has 2 aromatic carbocycles. The van der Waals surface area contributed by atoms with Crippen LogP contribution in [0.1, 0.15) is 16.8 Å². The van der Waals surface area contributed by atoms with Crippen molar-refractivity contribution in [2.24, 2.45) is 0 Å². The molecule has 0 saturated carbocycles. The molecule has 0 aliphatic carbocycles. The van der Waals surface area contributed by atoms with Crippen LogP contribution in [0.3, 0.4) is 0 Å². The normalized spacial score (nSPS) is 11.3. The van der Waals surface area contributed by atoms with Gasteiger partial charge in [0.05, 0.1) is 4.90 Å². The Morgan fingerprint density at radius 2 is 1.63 bits per heavy atom. The lowest BCUT2D eigenvalue weighted by molar-refractivity contribution is 0.580. The van der Waals surface area contributed by atoms with E-state index in [-0.39, 0.29) is 11.4 Å². The Balaban J connectivity index is 1.68. The topological polar surface area (TPSA) is 71.1 Å². The first-order chi connectivity index (χ1) is 12.9. The maximum Gasteiger partial charge on any atom is 0.240 e. The number of pyridine rings is 1. The fourth-order valence-electron chi connectivity index (χ4n) is 2.57. The summed E-state index contributed by atoms with van der Waals surface area (Å²) in [5.41, 5.74) is 2.27. The van der Waals surface area contributed by atoms with E-state index in [1.807, 2.05) is 31.2 Å². The molecule has 0 radical (unpaired) electrons. The number of sulfonamides is 1. The van der Waals surface area contributed by atoms with Gasteiger partial charge in [-0.2, -0.15) is 0 Å². The van der Waals surface area contributed by atoms with Gasteiger partial charge >= 0.3 is 0 Å². The van der Waals surface area contributed by atoms with E-state index in [1.165, 1.54) is 18.2 Å². The van der Waals surface area contributed by atoms with Crippen molar-refractivity contribution in [1.29, 1.82) is 0 Å². The predicted molar refractivity (Wildman–Crippen MR) is 103 cm³/mol. The first-order valence-electron chi connectivity index (χ1n) is 8.43. The fourth-order valence-corrected chi connectivity index (χ4v) is 3.65. The van der Waals surface area contributed by atoms with Crippen LogP contribution < -0.4 is 10.0 Å². The number of anilines is 1. The maximum absolute atomic E-state index is 13.2. The van der Waals surface area contributed by atoms with E-state index in [2.05, 4.69) is 15.0 Å². The second kappa shape index (κ2) is 8.28. The van der Waals surface area contributed by atoms with Gasteiger partial charge in [0.1, 0.15) is 11.6 Å². The Bertz CT molecular complexity index is 1040. The molecule has 0 fully saturated rings. The van der Waals surface area contributed by atoms with Gasteiger partial charge in [-0.3, -0.25) is 0 Å². The van der Waals surface area contributed by atoms with Crippen LogP contribution in [0, 0.1) is 12.7 Å². The standard InChI is InChI=1S/C20H20FN3O2S/c1-15-5-2-10-20(24-15)22-13-17-7-4-9-19(12-17)27(25,26)23-14-16-6-3-8-18(21)11-16/h2-12,23H,13-14H2,1H3,(H,22,24). The quantitative estimate of drug-likeness (QED) is 0.652. The highest BCUT2D eigenvalue weighted by atomic mass is 32.2. The highest BCUT2D eigenvalue weighted by molar-refractivity contribution is 7.89. The molecule has 5 nitrogen and oxygen atoms in total. The molecular formula is C20H20FN3O2S. The van der Waals surface area contributed by atoms with Gasteiger partial charge in [-0.15, -0.1) is 0 Å². The molecule has 0 spiro atoms. The van der Waals surface area contributed by atoms with Crippen LogP contribution in [0.2, 0.25) is 0 Å². The molecule has 27 heavy (non-hydrogen) atoms. The average Bonchev–Trinajstić information content (AvgIpc) is 2.65. The van der Waals surface area contributed by atoms with E-state index >= 15 is 0 Å². The summed E-state index contributed by atoms with van der Waals surface area (Å²) < 4.78 is 40.8. The molecule has 7 heteroatoms. The average molecular weight is 385 g/mol. The number of hydrogen-bond donors (Lipinski definition) is 2. The monoisotopic (exact) mass is 385 g/mol. The van der Waals surface area contributed by atoms with Crippen LogP contribution in [0.15, 0.2) is 71.6 Å². The molecule has 1 aromatic heterocycles. The van der Waals surface area contributed by atoms with Crippen molar-refractivity contribution in [3.8, 4) is 0 Å². The number of rotatable bonds is 7. The van der Waals surface area contributed by atoms with Crippen molar-refractivity contribution in [2.75, 3.05) is 5.32 Å². The minimum atomic E-state index is -3.70. The van der Waals surface area contributed by atoms with Crippen molar-refractivity contribution in [3.05, 3.63) is 89.4 Å². The van der Waals surface area contributed by atoms with E-state index in [0.717, 1.165) is 17.1 Å². The molecule has 0 unspecified atom stereocenters. The third kappa shape index (κ3) is 5.35. The molecule has 3 aromatic rings. The highest BCUT2D eigenvalue weighted by Gasteiger charge is 2.14. The Labute approximate surface area is 158 Å². The lowest BCUT2D eigenvalue weighted by atomic mass is 10.2. The third-order valence-corrected chi connectivity index (χ3v) is 5.32. The lowest BCUT2D eigenvalue weighted by Gasteiger charge is -2.10. The first kappa shape index (κ1) is 19.0. The second-order valence-corrected chi connectivity index (χ2v) is 7.89. The fraction of sp³-hybridized carbons (Fsp3) is 0.150. The number of hydrogen-bond acceptors (Lipinski definition) is 4. The molecule has 140 valence electrons. The molecule has 0 atom stereocenters. The van der Waals surface area contributed by atoms with Gasteiger partial charge in [0.25, 0.3) is 0 Å². The van der Waals surface area contributed by atoms with Gasteiger partial charge in [-0.25, -0.2) is 22.5 Å². The molecule has 2 N–H and O–H groups in total. The Morgan fingerprint density at radius 1 is 0.926 bits per heavy atom. The summed E-state index contributed by atoms with van der Waals surface area (Å²) in [5, 5.41) is 3.18. The van der Waals surface area contributed by atoms with E-state index in [9.17, 15) is 12.8 Å². The van der Waals surface area contributed by atoms with Crippen LogP contribution >= 0.6 is 0 Å². The maximum atomic E-state index is 13.2. The number of aryl methyl sites for hydroxylation is 1. The molecule has 3 rings (SSSR count). The lowest BCUT2D eigenvalue weighted by Crippen LogP contribution is -2.23. The molecule has 0 aliphatic heterocycles. The summed E-state index contributed by atoms with van der Waals surface area (Å²) in [6, 6.07) is 18.2. The minimum absolute atomic E-state index is 0.0236. The van der Waals surface area contributed by atoms with Crippen molar-refractivity contribution in [1.82, 2.24) is 9.71 Å². The zero-order chi connectivity index (χ0) is 19.3. The van der Waals surface area contributed by atoms with Gasteiger partial charge in [0.2, 0.25) is 10.0 Å². The molecule has 0 bridgehead atoms. The van der Waals surface area contributed by atoms with Gasteiger partial charge in [0.15, 0.2) is 0 Å². The first-order valence-corrected chi connectivity index (χ1v) is 9.91. The van der Waals surface area contributed by atoms with Crippen LogP contribution in [-0.2, 0) is 23.1 Å². The summed E-state index contributed by atoms with van der Waals surface area (Å²) in [7, 11) is -3.70. The molecule has 0 aliphatic rings. The highest BCUT2D eigenvalue weighted by Crippen LogP contribution is 2.14. The number of benzene rings is 2. The van der Waals surface area contributed by atoms with Crippen LogP contribution in [-0.4, -0.2) is 13.4 Å². The number of aromatic nitrogens is 1. The van der Waals surface area contributed by atoms with E-state index in [0.29, 0.717) is 12.1 Å². The second-order valence-electron chi connectivity index (χ2n) is 6.12. The predicted octanol–water partition coefficient (Wildman–Crippen LogP) is 3.62. The van der Waals surface area contributed by atoms with Crippen LogP contribution in [0.25, 0.3) is 0 Å². The SMILES string of the molecule is Cc1cccc(NCc2cccc(S(=O)(=O)NCc3cccc(F)c3)c2)n1. The van der Waals surface area contributed by atoms with Crippen molar-refractivity contribution < 1.29 is 12.8 Å². The van der Waals surface area contributed by atoms with Gasteiger partial charge < -0.3 is 5.32 Å². The summed E-state index contributed by atoms with van der Waals surface area (Å²) in [4.78, 5) is 4.52. The van der Waals surface area contributed by atoms with E-state index < -0.39 is 15.8 Å². The minimum Gasteiger partial charge on any atom is -0.366 e. The summed E-state index contributed by atoms with van der Waals surface area (Å²) in [5.74, 6) is 0.331. The van der Waals surface area contributed by atoms with Crippen LogP contribution in [0.4, 0.5) is 10.2 Å². The van der Waals surface area contributed by atoms with E-state index in [4.69, 9.17) is 0 Å². The van der Waals surface area contributed by atoms with E-state index in [1.54, 1.807) is 24.3 Å². The summed E-state index contributed by atoms with van der Waals surface area (Å²) in [6.45, 7) is 2.38. The summed E-state index contributed by atoms with van der Waals surface area (Å²) in [6.07, 6.45) is 0. The van der Waals surface area contributed by atoms with Gasteiger partial charge in [0, 0.05) is 18.8 Å². The largest absolute Gasteiger partial charge is 0.366 e. The molecule has 0 amide bonds. The smallest absolute Gasteiger partial charge is 0.240 e. The zero-order valence-corrected chi connectivity index (χ0v) is 15.6. The third-order valence-electron chi connectivity index (χ3n) is 3.93. The zero-order valence-electron chi connectivity index (χ0n) is 14.8. The van der Waals surface area contributed by atoms with Crippen molar-refractivity contribution in [3.63, 3.8) is 0 Å².